The highest BCUT2D eigenvalue weighted by molar-refractivity contribution is 7.77. The summed E-state index contributed by atoms with van der Waals surface area (Å²) in [5, 5.41) is 11.8. The molecule has 1 amide bonds. The molecule has 0 aliphatic carbocycles. The minimum absolute atomic E-state index is 0.246. The summed E-state index contributed by atoms with van der Waals surface area (Å²) in [5.74, 6) is -1.65. The fourth-order valence-electron chi connectivity index (χ4n) is 2.07. The summed E-state index contributed by atoms with van der Waals surface area (Å²) in [6.45, 7) is 0.674. The van der Waals surface area contributed by atoms with E-state index in [9.17, 15) is 23.5 Å². The Kier molecular flexibility index (Phi) is 5.27. The minimum Gasteiger partial charge on any atom is -0.755 e. The highest BCUT2D eigenvalue weighted by atomic mass is 32.2. The van der Waals surface area contributed by atoms with Crippen molar-refractivity contribution in [2.24, 2.45) is 5.73 Å². The van der Waals surface area contributed by atoms with Crippen LogP contribution in [0.1, 0.15) is 20.8 Å². The number of nitrogens with zero attached hydrogens (tertiary/aromatic N) is 1. The zero-order chi connectivity index (χ0) is 17.0. The molecule has 0 fully saturated rings. The number of carboxylic acids is 1. The second kappa shape index (κ2) is 7.18. The molecule has 0 bridgehead atoms. The molecule has 1 unspecified atom stereocenters. The van der Waals surface area contributed by atoms with Gasteiger partial charge in [-0.2, -0.15) is 0 Å². The first-order valence-corrected chi connectivity index (χ1v) is 7.62. The quantitative estimate of drug-likeness (QED) is 0.644. The first-order chi connectivity index (χ1) is 11.0. The average molecular weight is 336 g/mol. The van der Waals surface area contributed by atoms with Crippen molar-refractivity contribution in [1.29, 1.82) is 0 Å². The van der Waals surface area contributed by atoms with Crippen LogP contribution < -0.4 is 11.1 Å². The predicted molar refractivity (Wildman–Crippen MR) is 82.5 cm³/mol. The molecule has 1 aromatic heterocycles. The monoisotopic (exact) mass is 336 g/mol. The molecule has 0 radical (unpaired) electrons. The number of carboxylic acid groups (broad SMARTS) is 1. The molecule has 1 atom stereocenters. The van der Waals surface area contributed by atoms with Gasteiger partial charge in [-0.15, -0.1) is 0 Å². The van der Waals surface area contributed by atoms with Crippen molar-refractivity contribution in [2.45, 2.75) is 0 Å². The second-order valence-electron chi connectivity index (χ2n) is 4.55. The number of aromatic carboxylic acids is 1. The van der Waals surface area contributed by atoms with Gasteiger partial charge in [-0.1, -0.05) is 12.1 Å². The number of carbonyl (C=O) groups excluding carboxylic acids is 1. The van der Waals surface area contributed by atoms with Crippen LogP contribution in [-0.2, 0) is 11.3 Å². The number of hydrogen-bond donors (Lipinski definition) is 3. The highest BCUT2D eigenvalue weighted by Gasteiger charge is 2.18. The maximum absolute atomic E-state index is 11.8. The molecule has 2 aromatic rings. The largest absolute Gasteiger partial charge is 0.755 e. The number of benzene rings is 1. The SMILES string of the molecule is NCCNC(=O)c1ccc(-c2ccn(S(=O)[O-])c2C(=O)O)cc1. The van der Waals surface area contributed by atoms with Crippen LogP contribution in [0.3, 0.4) is 0 Å². The summed E-state index contributed by atoms with van der Waals surface area (Å²) in [5.41, 5.74) is 6.07. The van der Waals surface area contributed by atoms with Crippen molar-refractivity contribution in [2.75, 3.05) is 13.1 Å². The van der Waals surface area contributed by atoms with E-state index in [1.807, 2.05) is 0 Å². The van der Waals surface area contributed by atoms with Gasteiger partial charge >= 0.3 is 5.97 Å². The Bertz CT molecular complexity index is 754. The van der Waals surface area contributed by atoms with Gasteiger partial charge in [-0.05, 0) is 23.8 Å². The lowest BCUT2D eigenvalue weighted by Gasteiger charge is -2.10. The zero-order valence-electron chi connectivity index (χ0n) is 11.9. The van der Waals surface area contributed by atoms with Gasteiger partial charge in [-0.25, -0.2) is 4.79 Å². The van der Waals surface area contributed by atoms with Crippen LogP contribution in [0.5, 0.6) is 0 Å². The normalized spacial score (nSPS) is 11.9. The molecule has 23 heavy (non-hydrogen) atoms. The molecule has 8 nitrogen and oxygen atoms in total. The van der Waals surface area contributed by atoms with Gasteiger partial charge in [0, 0.05) is 30.4 Å². The Morgan fingerprint density at radius 2 is 1.91 bits per heavy atom. The van der Waals surface area contributed by atoms with E-state index in [2.05, 4.69) is 5.32 Å². The lowest BCUT2D eigenvalue weighted by atomic mass is 10.0. The third kappa shape index (κ3) is 3.65. The molecule has 1 heterocycles. The topological polar surface area (TPSA) is 137 Å². The van der Waals surface area contributed by atoms with Crippen LogP contribution in [0.4, 0.5) is 0 Å². The van der Waals surface area contributed by atoms with Crippen molar-refractivity contribution in [1.82, 2.24) is 9.29 Å². The molecule has 122 valence electrons. The maximum atomic E-state index is 11.8. The molecular formula is C14H14N3O5S-. The molecular weight excluding hydrogens is 322 g/mol. The summed E-state index contributed by atoms with van der Waals surface area (Å²) in [4.78, 5) is 23.1. The maximum Gasteiger partial charge on any atom is 0.354 e. The lowest BCUT2D eigenvalue weighted by molar-refractivity contribution is 0.0689. The lowest BCUT2D eigenvalue weighted by Crippen LogP contribution is -2.28. The predicted octanol–water partition coefficient (Wildman–Crippen LogP) is 0.184. The molecule has 0 aliphatic heterocycles. The Morgan fingerprint density at radius 1 is 1.26 bits per heavy atom. The molecule has 2 rings (SSSR count). The number of aromatic nitrogens is 1. The van der Waals surface area contributed by atoms with Crippen LogP contribution in [0, 0.1) is 0 Å². The molecule has 9 heteroatoms. The van der Waals surface area contributed by atoms with Crippen molar-refractivity contribution >= 4 is 23.1 Å². The van der Waals surface area contributed by atoms with Crippen molar-refractivity contribution < 1.29 is 23.5 Å². The minimum atomic E-state index is -2.72. The summed E-state index contributed by atoms with van der Waals surface area (Å²) in [6.07, 6.45) is 1.16. The third-order valence-electron chi connectivity index (χ3n) is 3.10. The van der Waals surface area contributed by atoms with Gasteiger partial charge in [0.05, 0.1) is 11.3 Å². The Labute approximate surface area is 134 Å². The third-order valence-corrected chi connectivity index (χ3v) is 3.73. The molecule has 1 aromatic carbocycles. The summed E-state index contributed by atoms with van der Waals surface area (Å²) >= 11 is -2.72. The first-order valence-electron chi connectivity index (χ1n) is 6.58. The molecule has 0 spiro atoms. The number of hydrogen-bond acceptors (Lipinski definition) is 5. The van der Waals surface area contributed by atoms with Crippen molar-refractivity contribution in [3.05, 3.63) is 47.8 Å². The van der Waals surface area contributed by atoms with Gasteiger partial charge in [-0.3, -0.25) is 13.0 Å². The van der Waals surface area contributed by atoms with Crippen LogP contribution >= 0.6 is 0 Å². The van der Waals surface area contributed by atoms with E-state index in [4.69, 9.17) is 5.73 Å². The smallest absolute Gasteiger partial charge is 0.354 e. The van der Waals surface area contributed by atoms with Crippen molar-refractivity contribution in [3.63, 3.8) is 0 Å². The van der Waals surface area contributed by atoms with E-state index in [0.29, 0.717) is 28.2 Å². The zero-order valence-corrected chi connectivity index (χ0v) is 12.7. The summed E-state index contributed by atoms with van der Waals surface area (Å²) in [7, 11) is 0. The van der Waals surface area contributed by atoms with E-state index < -0.39 is 17.2 Å². The average Bonchev–Trinajstić information content (AvgIpc) is 2.98. The standard InChI is InChI=1S/C14H15N3O5S/c15-6-7-16-13(18)10-3-1-9(2-4-10)11-5-8-17(23(21)22)12(11)14(19)20/h1-5,8H,6-7,15H2,(H,16,18)(H,19,20)(H,21,22)/p-1. The van der Waals surface area contributed by atoms with E-state index in [0.717, 1.165) is 6.20 Å². The number of rotatable bonds is 6. The Hall–Kier alpha value is -2.49. The van der Waals surface area contributed by atoms with Gasteiger partial charge in [0.1, 0.15) is 5.69 Å². The first kappa shape index (κ1) is 16.9. The highest BCUT2D eigenvalue weighted by Crippen LogP contribution is 2.26. The number of carbonyl (C=O) groups is 2. The fourth-order valence-corrected chi connectivity index (χ4v) is 2.56. The molecule has 4 N–H and O–H groups in total. The van der Waals surface area contributed by atoms with Gasteiger partial charge in [0.15, 0.2) is 0 Å². The fraction of sp³-hybridized carbons (Fsp3) is 0.143. The molecule has 0 saturated carbocycles. The number of nitrogens with one attached hydrogen (secondary N) is 1. The van der Waals surface area contributed by atoms with Gasteiger partial charge in [0.25, 0.3) is 5.91 Å². The van der Waals surface area contributed by atoms with E-state index >= 15 is 0 Å². The Morgan fingerprint density at radius 3 is 2.43 bits per heavy atom. The second-order valence-corrected chi connectivity index (χ2v) is 5.38. The number of amides is 1. The van der Waals surface area contributed by atoms with Crippen molar-refractivity contribution in [3.8, 4) is 11.1 Å². The van der Waals surface area contributed by atoms with Crippen LogP contribution in [0.15, 0.2) is 36.5 Å². The summed E-state index contributed by atoms with van der Waals surface area (Å²) < 4.78 is 22.7. The Balaban J connectivity index is 2.35. The van der Waals surface area contributed by atoms with Crippen LogP contribution in [0.2, 0.25) is 0 Å². The molecule has 0 aliphatic rings. The summed E-state index contributed by atoms with van der Waals surface area (Å²) in [6, 6.07) is 7.55. The van der Waals surface area contributed by atoms with E-state index in [-0.39, 0.29) is 17.2 Å². The molecule has 0 saturated heterocycles. The van der Waals surface area contributed by atoms with Crippen LogP contribution in [0.25, 0.3) is 11.1 Å². The van der Waals surface area contributed by atoms with E-state index in [1.54, 1.807) is 12.1 Å². The van der Waals surface area contributed by atoms with E-state index in [1.165, 1.54) is 18.2 Å². The van der Waals surface area contributed by atoms with Gasteiger partial charge in [0.2, 0.25) is 0 Å². The number of nitrogens with two attached hydrogens (primary N) is 1. The van der Waals surface area contributed by atoms with Gasteiger partial charge < -0.3 is 20.7 Å². The van der Waals surface area contributed by atoms with Crippen LogP contribution in [-0.4, -0.2) is 42.8 Å².